The van der Waals surface area contributed by atoms with Gasteiger partial charge in [0.25, 0.3) is 0 Å². The number of nitrogens with one attached hydrogen (secondary N) is 1. The van der Waals surface area contributed by atoms with Crippen molar-refractivity contribution in [3.05, 3.63) is 59.9 Å². The third kappa shape index (κ3) is 4.19. The fourth-order valence-electron chi connectivity index (χ4n) is 3.10. The maximum Gasteiger partial charge on any atom is 0.241 e. The molecule has 1 heterocycles. The fourth-order valence-corrected chi connectivity index (χ4v) is 3.10. The molecule has 0 aliphatic carbocycles. The zero-order valence-corrected chi connectivity index (χ0v) is 14.7. The standard InChI is InChI=1S/C20H21FN4O/c1-15(20(26)23-18-4-2-3-16(13-18)14-22)24-9-11-25(12-10-24)19-7-5-17(21)6-8-19/h2-8,13,15H,9-12H2,1H3,(H,23,26). The van der Waals surface area contributed by atoms with Crippen LogP contribution in [0.1, 0.15) is 12.5 Å². The molecule has 1 saturated heterocycles. The molecule has 1 amide bonds. The van der Waals surface area contributed by atoms with Crippen LogP contribution in [-0.2, 0) is 4.79 Å². The molecule has 5 nitrogen and oxygen atoms in total. The van der Waals surface area contributed by atoms with E-state index in [0.29, 0.717) is 11.3 Å². The van der Waals surface area contributed by atoms with Crippen molar-refractivity contribution >= 4 is 17.3 Å². The van der Waals surface area contributed by atoms with E-state index in [0.717, 1.165) is 31.9 Å². The van der Waals surface area contributed by atoms with Gasteiger partial charge >= 0.3 is 0 Å². The van der Waals surface area contributed by atoms with Crippen LogP contribution in [0.15, 0.2) is 48.5 Å². The molecule has 1 fully saturated rings. The second-order valence-electron chi connectivity index (χ2n) is 6.36. The van der Waals surface area contributed by atoms with Gasteiger partial charge in [0, 0.05) is 37.6 Å². The average Bonchev–Trinajstić information content (AvgIpc) is 2.68. The van der Waals surface area contributed by atoms with Crippen molar-refractivity contribution in [3.8, 4) is 6.07 Å². The third-order valence-corrected chi connectivity index (χ3v) is 4.69. The number of anilines is 2. The van der Waals surface area contributed by atoms with Crippen molar-refractivity contribution in [2.75, 3.05) is 36.4 Å². The molecular formula is C20H21FN4O. The predicted molar refractivity (Wildman–Crippen MR) is 99.4 cm³/mol. The Labute approximate surface area is 152 Å². The Morgan fingerprint density at radius 1 is 1.15 bits per heavy atom. The first-order valence-corrected chi connectivity index (χ1v) is 8.62. The van der Waals surface area contributed by atoms with Crippen molar-refractivity contribution in [1.29, 1.82) is 5.26 Å². The summed E-state index contributed by atoms with van der Waals surface area (Å²) in [6, 6.07) is 15.2. The molecule has 0 bridgehead atoms. The Kier molecular flexibility index (Phi) is 5.49. The Morgan fingerprint density at radius 2 is 1.85 bits per heavy atom. The van der Waals surface area contributed by atoms with E-state index in [1.54, 1.807) is 36.4 Å². The van der Waals surface area contributed by atoms with Crippen LogP contribution in [0.3, 0.4) is 0 Å². The lowest BCUT2D eigenvalue weighted by molar-refractivity contribution is -0.120. The van der Waals surface area contributed by atoms with Crippen molar-refractivity contribution in [2.45, 2.75) is 13.0 Å². The van der Waals surface area contributed by atoms with E-state index in [-0.39, 0.29) is 17.8 Å². The van der Waals surface area contributed by atoms with Gasteiger partial charge < -0.3 is 10.2 Å². The molecule has 134 valence electrons. The van der Waals surface area contributed by atoms with Gasteiger partial charge in [0.1, 0.15) is 5.82 Å². The normalized spacial score (nSPS) is 16.0. The van der Waals surface area contributed by atoms with Gasteiger partial charge in [0.05, 0.1) is 17.7 Å². The van der Waals surface area contributed by atoms with Crippen LogP contribution in [0.25, 0.3) is 0 Å². The van der Waals surface area contributed by atoms with Crippen molar-refractivity contribution in [2.24, 2.45) is 0 Å². The van der Waals surface area contributed by atoms with Gasteiger partial charge in [0.2, 0.25) is 5.91 Å². The van der Waals surface area contributed by atoms with Gasteiger partial charge in [-0.1, -0.05) is 6.07 Å². The number of benzene rings is 2. The van der Waals surface area contributed by atoms with Gasteiger partial charge in [-0.2, -0.15) is 5.26 Å². The molecule has 1 unspecified atom stereocenters. The SMILES string of the molecule is CC(C(=O)Nc1cccc(C#N)c1)N1CCN(c2ccc(F)cc2)CC1. The minimum Gasteiger partial charge on any atom is -0.369 e. The lowest BCUT2D eigenvalue weighted by Gasteiger charge is -2.38. The van der Waals surface area contributed by atoms with E-state index >= 15 is 0 Å². The molecule has 2 aromatic carbocycles. The fraction of sp³-hybridized carbons (Fsp3) is 0.300. The molecule has 1 atom stereocenters. The highest BCUT2D eigenvalue weighted by atomic mass is 19.1. The second-order valence-corrected chi connectivity index (χ2v) is 6.36. The summed E-state index contributed by atoms with van der Waals surface area (Å²) in [4.78, 5) is 16.8. The molecule has 0 saturated carbocycles. The van der Waals surface area contributed by atoms with Gasteiger partial charge in [-0.05, 0) is 49.4 Å². The molecule has 0 aromatic heterocycles. The molecule has 1 aliphatic heterocycles. The van der Waals surface area contributed by atoms with E-state index in [2.05, 4.69) is 21.2 Å². The molecule has 3 rings (SSSR count). The van der Waals surface area contributed by atoms with Gasteiger partial charge in [0.15, 0.2) is 0 Å². The number of halogens is 1. The van der Waals surface area contributed by atoms with Gasteiger partial charge in [-0.25, -0.2) is 4.39 Å². The van der Waals surface area contributed by atoms with Crippen LogP contribution in [0.4, 0.5) is 15.8 Å². The molecule has 26 heavy (non-hydrogen) atoms. The first-order chi connectivity index (χ1) is 12.6. The van der Waals surface area contributed by atoms with Crippen LogP contribution in [0.5, 0.6) is 0 Å². The number of amides is 1. The molecule has 2 aromatic rings. The van der Waals surface area contributed by atoms with E-state index in [4.69, 9.17) is 5.26 Å². The average molecular weight is 352 g/mol. The summed E-state index contributed by atoms with van der Waals surface area (Å²) in [5.41, 5.74) is 2.14. The van der Waals surface area contributed by atoms with E-state index < -0.39 is 0 Å². The number of hydrogen-bond donors (Lipinski definition) is 1. The maximum atomic E-state index is 13.0. The van der Waals surface area contributed by atoms with Crippen molar-refractivity contribution < 1.29 is 9.18 Å². The Bertz CT molecular complexity index is 807. The van der Waals surface area contributed by atoms with E-state index in [1.165, 1.54) is 12.1 Å². The minimum atomic E-state index is -0.267. The zero-order valence-electron chi connectivity index (χ0n) is 14.7. The number of piperazine rings is 1. The summed E-state index contributed by atoms with van der Waals surface area (Å²) in [7, 11) is 0. The van der Waals surface area contributed by atoms with Crippen LogP contribution < -0.4 is 10.2 Å². The first-order valence-electron chi connectivity index (χ1n) is 8.62. The summed E-state index contributed by atoms with van der Waals surface area (Å²) in [5, 5.41) is 11.8. The van der Waals surface area contributed by atoms with Crippen LogP contribution in [0.2, 0.25) is 0 Å². The van der Waals surface area contributed by atoms with E-state index in [9.17, 15) is 9.18 Å². The number of hydrogen-bond acceptors (Lipinski definition) is 4. The first kappa shape index (κ1) is 17.9. The summed E-state index contributed by atoms with van der Waals surface area (Å²) in [6.45, 7) is 4.96. The number of carbonyl (C=O) groups is 1. The molecule has 1 N–H and O–H groups in total. The smallest absolute Gasteiger partial charge is 0.241 e. The topological polar surface area (TPSA) is 59.4 Å². The zero-order chi connectivity index (χ0) is 18.5. The predicted octanol–water partition coefficient (Wildman–Crippen LogP) is 2.85. The maximum absolute atomic E-state index is 13.0. The van der Waals surface area contributed by atoms with Crippen molar-refractivity contribution in [3.63, 3.8) is 0 Å². The third-order valence-electron chi connectivity index (χ3n) is 4.69. The summed E-state index contributed by atoms with van der Waals surface area (Å²) < 4.78 is 13.0. The molecule has 6 heteroatoms. The number of nitrogens with zero attached hydrogens (tertiary/aromatic N) is 3. The largest absolute Gasteiger partial charge is 0.369 e. The highest BCUT2D eigenvalue weighted by molar-refractivity contribution is 5.94. The highest BCUT2D eigenvalue weighted by Gasteiger charge is 2.25. The quantitative estimate of drug-likeness (QED) is 0.919. The Hall–Kier alpha value is -2.91. The monoisotopic (exact) mass is 352 g/mol. The van der Waals surface area contributed by atoms with Crippen LogP contribution >= 0.6 is 0 Å². The minimum absolute atomic E-state index is 0.0877. The molecule has 0 spiro atoms. The summed E-state index contributed by atoms with van der Waals surface area (Å²) >= 11 is 0. The Balaban J connectivity index is 1.55. The van der Waals surface area contributed by atoms with Crippen molar-refractivity contribution in [1.82, 2.24) is 4.90 Å². The second kappa shape index (κ2) is 7.98. The summed E-state index contributed by atoms with van der Waals surface area (Å²) in [6.07, 6.45) is 0. The molecule has 0 radical (unpaired) electrons. The molecular weight excluding hydrogens is 331 g/mol. The lowest BCUT2D eigenvalue weighted by atomic mass is 10.1. The number of rotatable bonds is 4. The van der Waals surface area contributed by atoms with Crippen LogP contribution in [-0.4, -0.2) is 43.0 Å². The van der Waals surface area contributed by atoms with E-state index in [1.807, 2.05) is 6.92 Å². The van der Waals surface area contributed by atoms with Crippen LogP contribution in [0, 0.1) is 17.1 Å². The van der Waals surface area contributed by atoms with Gasteiger partial charge in [-0.15, -0.1) is 0 Å². The summed E-state index contributed by atoms with van der Waals surface area (Å²) in [5.74, 6) is -0.325. The lowest BCUT2D eigenvalue weighted by Crippen LogP contribution is -2.52. The Morgan fingerprint density at radius 3 is 2.50 bits per heavy atom. The number of nitriles is 1. The molecule has 1 aliphatic rings. The highest BCUT2D eigenvalue weighted by Crippen LogP contribution is 2.18. The number of carbonyl (C=O) groups excluding carboxylic acids is 1. The van der Waals surface area contributed by atoms with Gasteiger partial charge in [-0.3, -0.25) is 9.69 Å².